The monoisotopic (exact) mass is 326 g/mol. The van der Waals surface area contributed by atoms with Crippen molar-refractivity contribution in [3.63, 3.8) is 0 Å². The summed E-state index contributed by atoms with van der Waals surface area (Å²) in [6, 6.07) is 16.9. The molecule has 2 N–H and O–H groups in total. The molecule has 24 heavy (non-hydrogen) atoms. The third kappa shape index (κ3) is 5.76. The number of rotatable bonds is 7. The quantitative estimate of drug-likeness (QED) is 0.769. The van der Waals surface area contributed by atoms with Gasteiger partial charge >= 0.3 is 0 Å². The van der Waals surface area contributed by atoms with Crippen LogP contribution in [0.2, 0.25) is 0 Å². The molecular formula is C19H22N2O3. The van der Waals surface area contributed by atoms with Crippen LogP contribution in [0.5, 0.6) is 5.75 Å². The summed E-state index contributed by atoms with van der Waals surface area (Å²) in [4.78, 5) is 23.4. The molecule has 0 saturated carbocycles. The number of hydrazine groups is 1. The van der Waals surface area contributed by atoms with E-state index in [2.05, 4.69) is 10.9 Å². The zero-order valence-electron chi connectivity index (χ0n) is 13.7. The summed E-state index contributed by atoms with van der Waals surface area (Å²) in [6.07, 6.45) is 1.90. The van der Waals surface area contributed by atoms with Gasteiger partial charge in [-0.1, -0.05) is 43.3 Å². The molecule has 2 aromatic carbocycles. The molecule has 2 rings (SSSR count). The van der Waals surface area contributed by atoms with Crippen LogP contribution in [-0.4, -0.2) is 18.4 Å². The van der Waals surface area contributed by atoms with E-state index in [-0.39, 0.29) is 11.8 Å². The SMILES string of the molecule is CCCC(=O)NNC(=O)c1cccc(OCCc2ccccc2)c1. The van der Waals surface area contributed by atoms with Crippen LogP contribution in [0.25, 0.3) is 0 Å². The Morgan fingerprint density at radius 3 is 2.54 bits per heavy atom. The summed E-state index contributed by atoms with van der Waals surface area (Å²) in [5.41, 5.74) is 6.42. The van der Waals surface area contributed by atoms with Crippen molar-refractivity contribution in [3.05, 3.63) is 65.7 Å². The van der Waals surface area contributed by atoms with Crippen molar-refractivity contribution >= 4 is 11.8 Å². The minimum Gasteiger partial charge on any atom is -0.493 e. The highest BCUT2D eigenvalue weighted by atomic mass is 16.5. The second-order valence-electron chi connectivity index (χ2n) is 5.36. The fourth-order valence-corrected chi connectivity index (χ4v) is 2.15. The Bertz CT molecular complexity index is 671. The normalized spacial score (nSPS) is 10.0. The van der Waals surface area contributed by atoms with Gasteiger partial charge in [-0.05, 0) is 30.2 Å². The molecule has 0 heterocycles. The van der Waals surface area contributed by atoms with Crippen molar-refractivity contribution < 1.29 is 14.3 Å². The van der Waals surface area contributed by atoms with E-state index in [0.717, 1.165) is 12.8 Å². The first kappa shape index (κ1) is 17.5. The molecule has 0 fully saturated rings. The van der Waals surface area contributed by atoms with Crippen molar-refractivity contribution in [2.45, 2.75) is 26.2 Å². The Morgan fingerprint density at radius 1 is 1.00 bits per heavy atom. The molecule has 126 valence electrons. The van der Waals surface area contributed by atoms with Crippen molar-refractivity contribution in [1.82, 2.24) is 10.9 Å². The van der Waals surface area contributed by atoms with Crippen LogP contribution in [-0.2, 0) is 11.2 Å². The van der Waals surface area contributed by atoms with E-state index in [4.69, 9.17) is 4.74 Å². The second kappa shape index (κ2) is 9.35. The summed E-state index contributed by atoms with van der Waals surface area (Å²) < 4.78 is 5.70. The minimum absolute atomic E-state index is 0.207. The van der Waals surface area contributed by atoms with Crippen molar-refractivity contribution in [2.75, 3.05) is 6.61 Å². The largest absolute Gasteiger partial charge is 0.493 e. The zero-order valence-corrected chi connectivity index (χ0v) is 13.7. The van der Waals surface area contributed by atoms with Crippen molar-refractivity contribution in [1.29, 1.82) is 0 Å². The van der Waals surface area contributed by atoms with Gasteiger partial charge in [0.2, 0.25) is 5.91 Å². The lowest BCUT2D eigenvalue weighted by Crippen LogP contribution is -2.41. The number of hydrogen-bond donors (Lipinski definition) is 2. The fourth-order valence-electron chi connectivity index (χ4n) is 2.15. The molecule has 0 aliphatic rings. The number of hydrogen-bond acceptors (Lipinski definition) is 3. The highest BCUT2D eigenvalue weighted by molar-refractivity contribution is 5.95. The van der Waals surface area contributed by atoms with Gasteiger partial charge < -0.3 is 4.74 Å². The predicted molar refractivity (Wildman–Crippen MR) is 92.6 cm³/mol. The topological polar surface area (TPSA) is 67.4 Å². The van der Waals surface area contributed by atoms with Gasteiger partial charge in [-0.25, -0.2) is 0 Å². The third-order valence-electron chi connectivity index (χ3n) is 3.39. The molecule has 0 unspecified atom stereocenters. The molecule has 0 aromatic heterocycles. The average molecular weight is 326 g/mol. The number of benzene rings is 2. The smallest absolute Gasteiger partial charge is 0.269 e. The second-order valence-corrected chi connectivity index (χ2v) is 5.36. The molecular weight excluding hydrogens is 304 g/mol. The highest BCUT2D eigenvalue weighted by Gasteiger charge is 2.08. The molecule has 0 saturated heterocycles. The number of ether oxygens (including phenoxy) is 1. The van der Waals surface area contributed by atoms with Gasteiger partial charge in [0.05, 0.1) is 6.61 Å². The van der Waals surface area contributed by atoms with Gasteiger partial charge in [-0.15, -0.1) is 0 Å². The van der Waals surface area contributed by atoms with Crippen molar-refractivity contribution in [3.8, 4) is 5.75 Å². The first-order valence-corrected chi connectivity index (χ1v) is 8.05. The number of carbonyl (C=O) groups excluding carboxylic acids is 2. The molecule has 5 heteroatoms. The Hall–Kier alpha value is -2.82. The molecule has 2 amide bonds. The highest BCUT2D eigenvalue weighted by Crippen LogP contribution is 2.14. The molecule has 0 spiro atoms. The Balaban J connectivity index is 1.84. The van der Waals surface area contributed by atoms with E-state index >= 15 is 0 Å². The van der Waals surface area contributed by atoms with Gasteiger partial charge in [-0.2, -0.15) is 0 Å². The van der Waals surface area contributed by atoms with Crippen LogP contribution in [0.15, 0.2) is 54.6 Å². The van der Waals surface area contributed by atoms with E-state index in [0.29, 0.717) is 24.3 Å². The predicted octanol–water partition coefficient (Wildman–Crippen LogP) is 2.87. The molecule has 0 aliphatic carbocycles. The van der Waals surface area contributed by atoms with Crippen molar-refractivity contribution in [2.24, 2.45) is 0 Å². The minimum atomic E-state index is -0.368. The van der Waals surface area contributed by atoms with Crippen LogP contribution in [0.1, 0.15) is 35.7 Å². The van der Waals surface area contributed by atoms with Gasteiger partial charge in [0.15, 0.2) is 0 Å². The summed E-state index contributed by atoms with van der Waals surface area (Å²) in [6.45, 7) is 2.43. The molecule has 0 bridgehead atoms. The van der Waals surface area contributed by atoms with Gasteiger partial charge in [-0.3, -0.25) is 20.4 Å². The number of nitrogens with one attached hydrogen (secondary N) is 2. The van der Waals surface area contributed by atoms with E-state index < -0.39 is 0 Å². The zero-order chi connectivity index (χ0) is 17.2. The maximum Gasteiger partial charge on any atom is 0.269 e. The van der Waals surface area contributed by atoms with Gasteiger partial charge in [0, 0.05) is 18.4 Å². The molecule has 0 radical (unpaired) electrons. The maximum absolute atomic E-state index is 12.0. The number of amides is 2. The lowest BCUT2D eigenvalue weighted by atomic mass is 10.2. The Kier molecular flexibility index (Phi) is 6.83. The lowest BCUT2D eigenvalue weighted by Gasteiger charge is -2.09. The molecule has 0 atom stereocenters. The van der Waals surface area contributed by atoms with Crippen LogP contribution in [0.3, 0.4) is 0 Å². The summed E-state index contributed by atoms with van der Waals surface area (Å²) in [5, 5.41) is 0. The summed E-state index contributed by atoms with van der Waals surface area (Å²) >= 11 is 0. The van der Waals surface area contributed by atoms with Crippen LogP contribution in [0, 0.1) is 0 Å². The average Bonchev–Trinajstić information content (AvgIpc) is 2.61. The Morgan fingerprint density at radius 2 is 1.79 bits per heavy atom. The maximum atomic E-state index is 12.0. The fraction of sp³-hybridized carbons (Fsp3) is 0.263. The van der Waals surface area contributed by atoms with Crippen LogP contribution < -0.4 is 15.6 Å². The third-order valence-corrected chi connectivity index (χ3v) is 3.39. The first-order valence-electron chi connectivity index (χ1n) is 8.05. The molecule has 2 aromatic rings. The van der Waals surface area contributed by atoms with E-state index in [9.17, 15) is 9.59 Å². The van der Waals surface area contributed by atoms with E-state index in [1.54, 1.807) is 24.3 Å². The molecule has 0 aliphatic heterocycles. The standard InChI is InChI=1S/C19H22N2O3/c1-2-7-18(22)20-21-19(23)16-10-6-11-17(14-16)24-13-12-15-8-4-3-5-9-15/h3-6,8-11,14H,2,7,12-13H2,1H3,(H,20,22)(H,21,23). The van der Waals surface area contributed by atoms with Gasteiger partial charge in [0.1, 0.15) is 5.75 Å². The van der Waals surface area contributed by atoms with Crippen LogP contribution >= 0.6 is 0 Å². The summed E-state index contributed by atoms with van der Waals surface area (Å²) in [7, 11) is 0. The molecule has 5 nitrogen and oxygen atoms in total. The van der Waals surface area contributed by atoms with E-state index in [1.165, 1.54) is 5.56 Å². The first-order chi connectivity index (χ1) is 11.7. The summed E-state index contributed by atoms with van der Waals surface area (Å²) in [5.74, 6) is 0.0487. The van der Waals surface area contributed by atoms with Crippen LogP contribution in [0.4, 0.5) is 0 Å². The lowest BCUT2D eigenvalue weighted by molar-refractivity contribution is -0.121. The van der Waals surface area contributed by atoms with Gasteiger partial charge in [0.25, 0.3) is 5.91 Å². The number of carbonyl (C=O) groups is 2. The Labute approximate surface area is 142 Å². The van der Waals surface area contributed by atoms with E-state index in [1.807, 2.05) is 37.3 Å².